The first kappa shape index (κ1) is 12.9. The minimum atomic E-state index is 0.199. The summed E-state index contributed by atoms with van der Waals surface area (Å²) in [6.45, 7) is 8.62. The first-order chi connectivity index (χ1) is 7.03. The predicted molar refractivity (Wildman–Crippen MR) is 64.2 cm³/mol. The zero-order valence-corrected chi connectivity index (χ0v) is 10.7. The number of hydrogen-bond acceptors (Lipinski definition) is 3. The van der Waals surface area contributed by atoms with Gasteiger partial charge in [0, 0.05) is 25.2 Å². The molecule has 1 aliphatic rings. The van der Waals surface area contributed by atoms with E-state index in [1.54, 1.807) is 0 Å². The van der Waals surface area contributed by atoms with Crippen molar-refractivity contribution in [1.82, 2.24) is 10.2 Å². The predicted octanol–water partition coefficient (Wildman–Crippen LogP) is 1.34. The highest BCUT2D eigenvalue weighted by Crippen LogP contribution is 2.15. The van der Waals surface area contributed by atoms with Crippen molar-refractivity contribution in [3.63, 3.8) is 0 Å². The highest BCUT2D eigenvalue weighted by molar-refractivity contribution is 4.80. The second kappa shape index (κ2) is 5.83. The van der Waals surface area contributed by atoms with E-state index in [1.165, 1.54) is 12.8 Å². The Morgan fingerprint density at radius 2 is 2.20 bits per heavy atom. The third kappa shape index (κ3) is 4.96. The second-order valence-corrected chi connectivity index (χ2v) is 5.41. The molecule has 1 unspecified atom stereocenters. The van der Waals surface area contributed by atoms with Crippen LogP contribution in [0.5, 0.6) is 0 Å². The molecule has 1 aliphatic heterocycles. The fraction of sp³-hybridized carbons (Fsp3) is 1.00. The molecule has 0 aromatic rings. The van der Waals surface area contributed by atoms with Crippen LogP contribution in [0.15, 0.2) is 0 Å². The van der Waals surface area contributed by atoms with E-state index in [9.17, 15) is 0 Å². The molecular weight excluding hydrogens is 188 g/mol. The molecule has 0 amide bonds. The summed E-state index contributed by atoms with van der Waals surface area (Å²) < 4.78 is 5.50. The Morgan fingerprint density at radius 3 is 2.73 bits per heavy atom. The first-order valence-electron chi connectivity index (χ1n) is 5.99. The summed E-state index contributed by atoms with van der Waals surface area (Å²) in [6, 6.07) is 0. The van der Waals surface area contributed by atoms with Crippen LogP contribution in [0.2, 0.25) is 0 Å². The van der Waals surface area contributed by atoms with Crippen molar-refractivity contribution in [3.05, 3.63) is 0 Å². The Hall–Kier alpha value is -0.120. The number of nitrogens with zero attached hydrogens (tertiary/aromatic N) is 1. The van der Waals surface area contributed by atoms with Gasteiger partial charge in [-0.2, -0.15) is 0 Å². The maximum absolute atomic E-state index is 5.50. The molecule has 90 valence electrons. The van der Waals surface area contributed by atoms with E-state index in [1.807, 2.05) is 7.05 Å². The number of likely N-dealkylation sites (N-methyl/N-ethyl adjacent to an activating group) is 2. The fourth-order valence-corrected chi connectivity index (χ4v) is 2.21. The summed E-state index contributed by atoms with van der Waals surface area (Å²) in [4.78, 5) is 2.41. The molecule has 15 heavy (non-hydrogen) atoms. The Morgan fingerprint density at radius 1 is 1.47 bits per heavy atom. The van der Waals surface area contributed by atoms with Crippen LogP contribution >= 0.6 is 0 Å². The molecule has 0 aliphatic carbocycles. The molecule has 1 rings (SSSR count). The largest absolute Gasteiger partial charge is 0.381 e. The van der Waals surface area contributed by atoms with Crippen LogP contribution in [0, 0.1) is 5.92 Å². The minimum absolute atomic E-state index is 0.199. The van der Waals surface area contributed by atoms with Gasteiger partial charge in [-0.1, -0.05) is 0 Å². The van der Waals surface area contributed by atoms with Gasteiger partial charge in [0.25, 0.3) is 0 Å². The van der Waals surface area contributed by atoms with E-state index < -0.39 is 0 Å². The summed E-state index contributed by atoms with van der Waals surface area (Å²) in [5.41, 5.74) is 0.199. The molecule has 1 fully saturated rings. The standard InChI is InChI=1S/C12H26N2O/c1-12(2,13-3)10-14(4)8-11-6-5-7-15-9-11/h11,13H,5-10H2,1-4H3. The van der Waals surface area contributed by atoms with Crippen molar-refractivity contribution in [1.29, 1.82) is 0 Å². The lowest BCUT2D eigenvalue weighted by molar-refractivity contribution is 0.0393. The van der Waals surface area contributed by atoms with Gasteiger partial charge < -0.3 is 15.0 Å². The van der Waals surface area contributed by atoms with Gasteiger partial charge in [0.1, 0.15) is 0 Å². The van der Waals surface area contributed by atoms with E-state index in [0.29, 0.717) is 0 Å². The van der Waals surface area contributed by atoms with Crippen LogP contribution in [0.4, 0.5) is 0 Å². The molecule has 1 heterocycles. The zero-order valence-electron chi connectivity index (χ0n) is 10.7. The maximum Gasteiger partial charge on any atom is 0.0506 e. The van der Waals surface area contributed by atoms with E-state index in [0.717, 1.165) is 32.2 Å². The van der Waals surface area contributed by atoms with Crippen LogP contribution in [0.25, 0.3) is 0 Å². The lowest BCUT2D eigenvalue weighted by atomic mass is 10.00. The third-order valence-electron chi connectivity index (χ3n) is 3.17. The molecule has 0 spiro atoms. The molecule has 1 N–H and O–H groups in total. The Balaban J connectivity index is 2.25. The van der Waals surface area contributed by atoms with E-state index in [-0.39, 0.29) is 5.54 Å². The molecule has 3 heteroatoms. The van der Waals surface area contributed by atoms with Crippen molar-refractivity contribution >= 4 is 0 Å². The van der Waals surface area contributed by atoms with Crippen molar-refractivity contribution < 1.29 is 4.74 Å². The lowest BCUT2D eigenvalue weighted by Crippen LogP contribution is -2.47. The average Bonchev–Trinajstić information content (AvgIpc) is 2.18. The van der Waals surface area contributed by atoms with E-state index in [4.69, 9.17) is 4.74 Å². The normalized spacial score (nSPS) is 23.4. The average molecular weight is 214 g/mol. The van der Waals surface area contributed by atoms with Crippen molar-refractivity contribution in [2.45, 2.75) is 32.2 Å². The number of ether oxygens (including phenoxy) is 1. The van der Waals surface area contributed by atoms with Gasteiger partial charge in [-0.3, -0.25) is 0 Å². The zero-order chi connectivity index (χ0) is 11.3. The summed E-state index contributed by atoms with van der Waals surface area (Å²) >= 11 is 0. The molecule has 1 atom stereocenters. The highest BCUT2D eigenvalue weighted by atomic mass is 16.5. The van der Waals surface area contributed by atoms with Crippen LogP contribution in [0.3, 0.4) is 0 Å². The van der Waals surface area contributed by atoms with Gasteiger partial charge in [0.2, 0.25) is 0 Å². The van der Waals surface area contributed by atoms with Crippen LogP contribution in [-0.2, 0) is 4.74 Å². The van der Waals surface area contributed by atoms with Crippen LogP contribution in [-0.4, -0.2) is 50.8 Å². The minimum Gasteiger partial charge on any atom is -0.381 e. The molecular formula is C12H26N2O. The maximum atomic E-state index is 5.50. The number of hydrogen-bond donors (Lipinski definition) is 1. The van der Waals surface area contributed by atoms with Gasteiger partial charge in [-0.05, 0) is 46.7 Å². The summed E-state index contributed by atoms with van der Waals surface area (Å²) in [7, 11) is 4.23. The monoisotopic (exact) mass is 214 g/mol. The second-order valence-electron chi connectivity index (χ2n) is 5.41. The molecule has 3 nitrogen and oxygen atoms in total. The molecule has 0 saturated carbocycles. The van der Waals surface area contributed by atoms with Gasteiger partial charge in [-0.15, -0.1) is 0 Å². The van der Waals surface area contributed by atoms with Gasteiger partial charge in [0.15, 0.2) is 0 Å². The SMILES string of the molecule is CNC(C)(C)CN(C)CC1CCCOC1. The molecule has 0 radical (unpaired) electrons. The topological polar surface area (TPSA) is 24.5 Å². The van der Waals surface area contributed by atoms with E-state index >= 15 is 0 Å². The van der Waals surface area contributed by atoms with Gasteiger partial charge in [0.05, 0.1) is 6.61 Å². The fourth-order valence-electron chi connectivity index (χ4n) is 2.21. The molecule has 1 saturated heterocycles. The Bertz CT molecular complexity index is 176. The highest BCUT2D eigenvalue weighted by Gasteiger charge is 2.21. The summed E-state index contributed by atoms with van der Waals surface area (Å²) in [5, 5.41) is 3.34. The smallest absolute Gasteiger partial charge is 0.0506 e. The van der Waals surface area contributed by atoms with Gasteiger partial charge >= 0.3 is 0 Å². The van der Waals surface area contributed by atoms with Crippen molar-refractivity contribution in [3.8, 4) is 0 Å². The van der Waals surface area contributed by atoms with Gasteiger partial charge in [-0.25, -0.2) is 0 Å². The lowest BCUT2D eigenvalue weighted by Gasteiger charge is -2.33. The van der Waals surface area contributed by atoms with Crippen LogP contribution < -0.4 is 5.32 Å². The number of rotatable bonds is 5. The van der Waals surface area contributed by atoms with E-state index in [2.05, 4.69) is 31.1 Å². The first-order valence-corrected chi connectivity index (χ1v) is 5.99. The molecule has 0 aromatic heterocycles. The number of nitrogens with one attached hydrogen (secondary N) is 1. The Kier molecular flexibility index (Phi) is 5.03. The summed E-state index contributed by atoms with van der Waals surface area (Å²) in [6.07, 6.45) is 2.55. The Labute approximate surface area is 94.2 Å². The molecule has 0 bridgehead atoms. The van der Waals surface area contributed by atoms with Crippen molar-refractivity contribution in [2.24, 2.45) is 5.92 Å². The molecule has 0 aromatic carbocycles. The van der Waals surface area contributed by atoms with Crippen molar-refractivity contribution in [2.75, 3.05) is 40.4 Å². The summed E-state index contributed by atoms with van der Waals surface area (Å²) in [5.74, 6) is 0.733. The quantitative estimate of drug-likeness (QED) is 0.747. The third-order valence-corrected chi connectivity index (χ3v) is 3.17. The van der Waals surface area contributed by atoms with Crippen LogP contribution in [0.1, 0.15) is 26.7 Å².